The van der Waals surface area contributed by atoms with Gasteiger partial charge in [-0.3, -0.25) is 0 Å². The fourth-order valence-corrected chi connectivity index (χ4v) is 5.76. The van der Waals surface area contributed by atoms with Crippen LogP contribution in [0.3, 0.4) is 0 Å². The average molecular weight is 538 g/mol. The van der Waals surface area contributed by atoms with Gasteiger partial charge in [0, 0.05) is 26.8 Å². The van der Waals surface area contributed by atoms with Crippen LogP contribution in [-0.4, -0.2) is 17.9 Å². The second-order valence-electron chi connectivity index (χ2n) is 8.28. The van der Waals surface area contributed by atoms with Crippen molar-refractivity contribution in [2.45, 2.75) is 38.1 Å². The van der Waals surface area contributed by atoms with Crippen molar-refractivity contribution in [1.82, 2.24) is 4.57 Å². The number of hydrogen-bond acceptors (Lipinski definition) is 6. The number of nitrogens with zero attached hydrogens (tertiary/aromatic N) is 3. The molecule has 0 aliphatic heterocycles. The van der Waals surface area contributed by atoms with E-state index >= 15 is 0 Å². The van der Waals surface area contributed by atoms with Crippen molar-refractivity contribution < 1.29 is 9.15 Å². The zero-order chi connectivity index (χ0) is 23.5. The van der Waals surface area contributed by atoms with Crippen molar-refractivity contribution in [2.24, 2.45) is 10.2 Å². The van der Waals surface area contributed by atoms with Gasteiger partial charge in [0.1, 0.15) is 11.3 Å². The lowest BCUT2D eigenvalue weighted by Gasteiger charge is -2.25. The number of rotatable bonds is 5. The molecule has 6 nitrogen and oxygen atoms in total. The van der Waals surface area contributed by atoms with E-state index in [1.165, 1.54) is 17.8 Å². The van der Waals surface area contributed by atoms with Crippen molar-refractivity contribution in [3.63, 3.8) is 0 Å². The minimum atomic E-state index is -0.346. The molecule has 2 aromatic heterocycles. The van der Waals surface area contributed by atoms with Gasteiger partial charge in [-0.25, -0.2) is 4.79 Å². The van der Waals surface area contributed by atoms with Gasteiger partial charge in [-0.2, -0.15) is 5.10 Å². The van der Waals surface area contributed by atoms with E-state index in [4.69, 9.17) is 9.15 Å². The van der Waals surface area contributed by atoms with Gasteiger partial charge >= 0.3 is 5.63 Å². The Hall–Kier alpha value is -2.97. The number of ether oxygens (including phenoxy) is 1. The Morgan fingerprint density at radius 2 is 1.97 bits per heavy atom. The monoisotopic (exact) mass is 537 g/mol. The number of para-hydroxylation sites is 1. The quantitative estimate of drug-likeness (QED) is 0.165. The van der Waals surface area contributed by atoms with Crippen LogP contribution in [0.2, 0.25) is 0 Å². The van der Waals surface area contributed by atoms with Gasteiger partial charge in [0.2, 0.25) is 4.80 Å². The Labute approximate surface area is 209 Å². The second kappa shape index (κ2) is 10.1. The van der Waals surface area contributed by atoms with Crippen molar-refractivity contribution in [3.8, 4) is 17.0 Å². The predicted molar refractivity (Wildman–Crippen MR) is 140 cm³/mol. The van der Waals surface area contributed by atoms with Gasteiger partial charge in [-0.15, -0.1) is 16.4 Å². The highest BCUT2D eigenvalue weighted by Crippen LogP contribution is 2.32. The van der Waals surface area contributed by atoms with E-state index < -0.39 is 0 Å². The molecule has 1 aliphatic carbocycles. The molecule has 2 heterocycles. The maximum atomic E-state index is 13.0. The summed E-state index contributed by atoms with van der Waals surface area (Å²) in [7, 11) is 1.64. The largest absolute Gasteiger partial charge is 0.496 e. The van der Waals surface area contributed by atoms with Crippen LogP contribution < -0.4 is 15.2 Å². The Morgan fingerprint density at radius 1 is 1.15 bits per heavy atom. The van der Waals surface area contributed by atoms with Crippen molar-refractivity contribution in [1.29, 1.82) is 0 Å². The molecule has 1 saturated carbocycles. The molecule has 2 aromatic carbocycles. The number of aromatic nitrogens is 1. The highest BCUT2D eigenvalue weighted by Gasteiger charge is 2.22. The van der Waals surface area contributed by atoms with E-state index in [2.05, 4.69) is 30.7 Å². The second-order valence-corrected chi connectivity index (χ2v) is 10.0. The summed E-state index contributed by atoms with van der Waals surface area (Å²) in [5, 5.41) is 11.8. The topological polar surface area (TPSA) is 69.1 Å². The Morgan fingerprint density at radius 3 is 2.79 bits per heavy atom. The Kier molecular flexibility index (Phi) is 6.78. The fourth-order valence-electron chi connectivity index (χ4n) is 4.47. The van der Waals surface area contributed by atoms with Crippen molar-refractivity contribution in [3.05, 3.63) is 79.2 Å². The molecule has 0 bridgehead atoms. The third-order valence-electron chi connectivity index (χ3n) is 6.13. The number of halogens is 1. The summed E-state index contributed by atoms with van der Waals surface area (Å²) in [5.74, 6) is 0.744. The minimum absolute atomic E-state index is 0.271. The van der Waals surface area contributed by atoms with E-state index in [-0.39, 0.29) is 11.7 Å². The van der Waals surface area contributed by atoms with Crippen molar-refractivity contribution >= 4 is 44.5 Å². The van der Waals surface area contributed by atoms with E-state index in [0.29, 0.717) is 11.1 Å². The van der Waals surface area contributed by atoms with Crippen LogP contribution in [0.4, 0.5) is 0 Å². The molecule has 0 spiro atoms. The molecule has 0 radical (unpaired) electrons. The molecule has 5 rings (SSSR count). The van der Waals surface area contributed by atoms with Gasteiger partial charge in [0.05, 0.1) is 24.6 Å². The molecule has 0 N–H and O–H groups in total. The molecule has 1 fully saturated rings. The van der Waals surface area contributed by atoms with Gasteiger partial charge < -0.3 is 13.7 Å². The fraction of sp³-hybridized carbons (Fsp3) is 0.269. The summed E-state index contributed by atoms with van der Waals surface area (Å²) in [4.78, 5) is 13.7. The molecule has 8 heteroatoms. The summed E-state index contributed by atoms with van der Waals surface area (Å²) in [6, 6.07) is 15.5. The van der Waals surface area contributed by atoms with E-state index in [0.717, 1.165) is 57.4 Å². The molecule has 0 atom stereocenters. The first-order chi connectivity index (χ1) is 16.6. The SMILES string of the molecule is COc1ccccc1/C=N/N=c1\scc(-c2cc3cc(Br)ccc3oc2=O)n1C1CCCCC1. The van der Waals surface area contributed by atoms with Crippen LogP contribution in [0, 0.1) is 0 Å². The lowest BCUT2D eigenvalue weighted by atomic mass is 9.95. The van der Waals surface area contributed by atoms with Crippen LogP contribution in [0.25, 0.3) is 22.2 Å². The minimum Gasteiger partial charge on any atom is -0.496 e. The normalized spacial score (nSPS) is 15.4. The number of fused-ring (bicyclic) bond motifs is 1. The standard InChI is InChI=1S/C26H24BrN3O3S/c1-32-23-10-6-5-7-17(23)15-28-29-26-30(20-8-3-2-4-9-20)22(16-34-26)21-14-18-13-19(27)11-12-24(18)33-25(21)31/h5-7,10-16,20H,2-4,8-9H2,1H3/b28-15+,29-26-. The molecule has 34 heavy (non-hydrogen) atoms. The van der Waals surface area contributed by atoms with E-state index in [1.54, 1.807) is 19.4 Å². The first-order valence-electron chi connectivity index (χ1n) is 11.3. The van der Waals surface area contributed by atoms with Gasteiger partial charge in [0.25, 0.3) is 0 Å². The summed E-state index contributed by atoms with van der Waals surface area (Å²) in [5.41, 5.74) is 2.46. The molecule has 0 amide bonds. The summed E-state index contributed by atoms with van der Waals surface area (Å²) in [6.07, 6.45) is 7.37. The number of benzene rings is 2. The van der Waals surface area contributed by atoms with Crippen LogP contribution in [0.15, 0.2) is 77.8 Å². The molecule has 0 unspecified atom stereocenters. The number of methoxy groups -OCH3 is 1. The summed E-state index contributed by atoms with van der Waals surface area (Å²) >= 11 is 5.00. The van der Waals surface area contributed by atoms with E-state index in [9.17, 15) is 4.79 Å². The molecular formula is C26H24BrN3O3S. The van der Waals surface area contributed by atoms with Crippen LogP contribution in [0.1, 0.15) is 43.7 Å². The molecular weight excluding hydrogens is 514 g/mol. The van der Waals surface area contributed by atoms with Crippen LogP contribution >= 0.6 is 27.3 Å². The zero-order valence-electron chi connectivity index (χ0n) is 18.7. The van der Waals surface area contributed by atoms with Crippen LogP contribution in [0.5, 0.6) is 5.75 Å². The molecule has 4 aromatic rings. The summed E-state index contributed by atoms with van der Waals surface area (Å²) < 4.78 is 14.2. The lowest BCUT2D eigenvalue weighted by molar-refractivity contribution is 0.350. The summed E-state index contributed by atoms with van der Waals surface area (Å²) in [6.45, 7) is 0. The molecule has 0 saturated heterocycles. The first kappa shape index (κ1) is 22.8. The van der Waals surface area contributed by atoms with E-state index in [1.807, 2.05) is 47.8 Å². The molecule has 1 aliphatic rings. The average Bonchev–Trinajstić information content (AvgIpc) is 3.28. The smallest absolute Gasteiger partial charge is 0.345 e. The van der Waals surface area contributed by atoms with Gasteiger partial charge in [0.15, 0.2) is 0 Å². The van der Waals surface area contributed by atoms with Gasteiger partial charge in [-0.05, 0) is 49.2 Å². The Balaban J connectivity index is 1.62. The van der Waals surface area contributed by atoms with Gasteiger partial charge in [-0.1, -0.05) is 47.3 Å². The predicted octanol–water partition coefficient (Wildman–Crippen LogP) is 6.53. The highest BCUT2D eigenvalue weighted by molar-refractivity contribution is 9.10. The maximum Gasteiger partial charge on any atom is 0.345 e. The third-order valence-corrected chi connectivity index (χ3v) is 7.45. The number of thiazole rings is 1. The zero-order valence-corrected chi connectivity index (χ0v) is 21.1. The Bertz CT molecular complexity index is 1480. The van der Waals surface area contributed by atoms with Crippen molar-refractivity contribution in [2.75, 3.05) is 7.11 Å². The first-order valence-corrected chi connectivity index (χ1v) is 13.0. The maximum absolute atomic E-state index is 13.0. The number of hydrogen-bond donors (Lipinski definition) is 0. The lowest BCUT2D eigenvalue weighted by Crippen LogP contribution is -2.24. The highest BCUT2D eigenvalue weighted by atomic mass is 79.9. The molecule has 174 valence electrons. The van der Waals surface area contributed by atoms with Crippen LogP contribution in [-0.2, 0) is 0 Å². The third kappa shape index (κ3) is 4.65.